The number of amides is 1. The molecule has 5 nitrogen and oxygen atoms in total. The second-order valence-corrected chi connectivity index (χ2v) is 6.56. The molecule has 0 spiro atoms. The number of aromatic hydroxyl groups is 1. The molecule has 5 heteroatoms. The summed E-state index contributed by atoms with van der Waals surface area (Å²) in [5.41, 5.74) is 1.57. The molecule has 3 rings (SSSR count). The Kier molecular flexibility index (Phi) is 5.91. The van der Waals surface area contributed by atoms with E-state index in [0.717, 1.165) is 24.8 Å². The van der Waals surface area contributed by atoms with Gasteiger partial charge in [-0.15, -0.1) is 0 Å². The maximum absolute atomic E-state index is 13.1. The highest BCUT2D eigenvalue weighted by Gasteiger charge is 2.29. The predicted octanol–water partition coefficient (Wildman–Crippen LogP) is 3.92. The lowest BCUT2D eigenvalue weighted by atomic mass is 9.99. The van der Waals surface area contributed by atoms with Crippen molar-refractivity contribution < 1.29 is 19.4 Å². The topological polar surface area (TPSA) is 66.8 Å². The molecule has 0 radical (unpaired) electrons. The van der Waals surface area contributed by atoms with Crippen LogP contribution in [0.3, 0.4) is 0 Å². The van der Waals surface area contributed by atoms with E-state index in [1.54, 1.807) is 18.2 Å². The number of hydrogen-bond acceptors (Lipinski definition) is 4. The van der Waals surface area contributed by atoms with Crippen molar-refractivity contribution in [3.8, 4) is 11.5 Å². The third kappa shape index (κ3) is 4.03. The zero-order chi connectivity index (χ0) is 19.2. The van der Waals surface area contributed by atoms with Gasteiger partial charge in [0.2, 0.25) is 0 Å². The molecular formula is C22H23NO4. The number of rotatable bonds is 6. The number of likely N-dealkylation sites (tertiary alicyclic amines) is 1. The van der Waals surface area contributed by atoms with Gasteiger partial charge in [0.1, 0.15) is 18.1 Å². The van der Waals surface area contributed by atoms with Gasteiger partial charge in [-0.25, -0.2) is 0 Å². The van der Waals surface area contributed by atoms with E-state index >= 15 is 0 Å². The van der Waals surface area contributed by atoms with Gasteiger partial charge in [-0.3, -0.25) is 9.59 Å². The Morgan fingerprint density at radius 3 is 2.81 bits per heavy atom. The van der Waals surface area contributed by atoms with Crippen molar-refractivity contribution in [2.24, 2.45) is 0 Å². The standard InChI is InChI=1S/C22H23NO4/c1-2-16-8-3-4-10-18(16)22(26)23-13-6-5-9-17(23)15-27-21-12-7-11-20(25)19(21)14-24/h2-4,7-8,10-12,14,17,25H,1,5-6,9,13,15H2/t17-/m0/s1. The molecule has 1 heterocycles. The van der Waals surface area contributed by atoms with Crippen LogP contribution in [0.15, 0.2) is 49.0 Å². The smallest absolute Gasteiger partial charge is 0.254 e. The summed E-state index contributed by atoms with van der Waals surface area (Å²) in [5, 5.41) is 9.79. The SMILES string of the molecule is C=Cc1ccccc1C(=O)N1CCCC[C@H]1COc1cccc(O)c1C=O. The van der Waals surface area contributed by atoms with E-state index in [4.69, 9.17) is 4.74 Å². The van der Waals surface area contributed by atoms with Crippen molar-refractivity contribution in [3.05, 3.63) is 65.7 Å². The normalized spacial score (nSPS) is 16.6. The van der Waals surface area contributed by atoms with E-state index < -0.39 is 0 Å². The molecule has 1 fully saturated rings. The quantitative estimate of drug-likeness (QED) is 0.788. The average Bonchev–Trinajstić information content (AvgIpc) is 2.72. The van der Waals surface area contributed by atoms with Crippen LogP contribution in [0.25, 0.3) is 6.08 Å². The highest BCUT2D eigenvalue weighted by atomic mass is 16.5. The van der Waals surface area contributed by atoms with Crippen LogP contribution in [0.1, 0.15) is 45.5 Å². The Labute approximate surface area is 158 Å². The minimum atomic E-state index is -0.112. The van der Waals surface area contributed by atoms with Crippen molar-refractivity contribution in [3.63, 3.8) is 0 Å². The summed E-state index contributed by atoms with van der Waals surface area (Å²) in [4.78, 5) is 26.2. The molecule has 27 heavy (non-hydrogen) atoms. The van der Waals surface area contributed by atoms with Crippen LogP contribution in [0.5, 0.6) is 11.5 Å². The number of aldehydes is 1. The van der Waals surface area contributed by atoms with Crippen LogP contribution in [-0.2, 0) is 0 Å². The third-order valence-corrected chi connectivity index (χ3v) is 4.89. The first-order valence-corrected chi connectivity index (χ1v) is 9.08. The van der Waals surface area contributed by atoms with E-state index in [9.17, 15) is 14.7 Å². The molecule has 0 saturated carbocycles. The molecule has 0 bridgehead atoms. The number of phenols is 1. The fourth-order valence-electron chi connectivity index (χ4n) is 3.43. The Morgan fingerprint density at radius 2 is 2.04 bits per heavy atom. The number of piperidine rings is 1. The summed E-state index contributed by atoms with van der Waals surface area (Å²) in [6, 6.07) is 12.0. The second-order valence-electron chi connectivity index (χ2n) is 6.56. The Balaban J connectivity index is 1.78. The molecule has 0 unspecified atom stereocenters. The van der Waals surface area contributed by atoms with Crippen molar-refractivity contribution in [1.29, 1.82) is 0 Å². The molecule has 1 N–H and O–H groups in total. The molecule has 1 saturated heterocycles. The van der Waals surface area contributed by atoms with E-state index in [1.807, 2.05) is 29.2 Å². The lowest BCUT2D eigenvalue weighted by Crippen LogP contribution is -2.46. The van der Waals surface area contributed by atoms with Crippen molar-refractivity contribution in [2.45, 2.75) is 25.3 Å². The molecule has 140 valence electrons. The third-order valence-electron chi connectivity index (χ3n) is 4.89. The second kappa shape index (κ2) is 8.54. The molecule has 2 aromatic rings. The van der Waals surface area contributed by atoms with Crippen molar-refractivity contribution in [1.82, 2.24) is 4.90 Å². The Bertz CT molecular complexity index is 846. The van der Waals surface area contributed by atoms with Crippen LogP contribution in [0.4, 0.5) is 0 Å². The molecule has 0 aromatic heterocycles. The number of hydrogen-bond donors (Lipinski definition) is 1. The van der Waals surface area contributed by atoms with Gasteiger partial charge in [0.05, 0.1) is 11.6 Å². The minimum absolute atomic E-state index is 0.0367. The van der Waals surface area contributed by atoms with Crippen LogP contribution in [0, 0.1) is 0 Å². The van der Waals surface area contributed by atoms with Gasteiger partial charge in [-0.1, -0.05) is 36.9 Å². The Hall–Kier alpha value is -3.08. The fourth-order valence-corrected chi connectivity index (χ4v) is 3.43. The number of carbonyl (C=O) groups excluding carboxylic acids is 2. The summed E-state index contributed by atoms with van der Waals surface area (Å²) < 4.78 is 5.82. The first-order valence-electron chi connectivity index (χ1n) is 9.08. The maximum Gasteiger partial charge on any atom is 0.254 e. The van der Waals surface area contributed by atoms with Gasteiger partial charge in [0.25, 0.3) is 5.91 Å². The maximum atomic E-state index is 13.1. The van der Waals surface area contributed by atoms with E-state index in [-0.39, 0.29) is 29.9 Å². The fraction of sp³-hybridized carbons (Fsp3) is 0.273. The molecule has 1 aliphatic heterocycles. The molecule has 1 atom stereocenters. The monoisotopic (exact) mass is 365 g/mol. The lowest BCUT2D eigenvalue weighted by molar-refractivity contribution is 0.0526. The molecule has 1 aliphatic rings. The summed E-state index contributed by atoms with van der Waals surface area (Å²) in [6.07, 6.45) is 5.06. The summed E-state index contributed by atoms with van der Waals surface area (Å²) in [5.74, 6) is 0.179. The number of phenolic OH excluding ortho intramolecular Hbond substituents is 1. The number of benzene rings is 2. The van der Waals surface area contributed by atoms with Gasteiger partial charge < -0.3 is 14.7 Å². The minimum Gasteiger partial charge on any atom is -0.507 e. The van der Waals surface area contributed by atoms with Crippen molar-refractivity contribution in [2.75, 3.05) is 13.2 Å². The van der Waals surface area contributed by atoms with Gasteiger partial charge in [0.15, 0.2) is 6.29 Å². The van der Waals surface area contributed by atoms with Crippen LogP contribution in [-0.4, -0.2) is 41.4 Å². The first-order chi connectivity index (χ1) is 13.2. The molecule has 1 amide bonds. The van der Waals surface area contributed by atoms with Gasteiger partial charge in [0, 0.05) is 12.1 Å². The zero-order valence-electron chi connectivity index (χ0n) is 15.1. The summed E-state index contributed by atoms with van der Waals surface area (Å²) in [7, 11) is 0. The van der Waals surface area contributed by atoms with Crippen LogP contribution >= 0.6 is 0 Å². The highest BCUT2D eigenvalue weighted by Crippen LogP contribution is 2.27. The molecule has 0 aliphatic carbocycles. The highest BCUT2D eigenvalue weighted by molar-refractivity contribution is 5.98. The molecular weight excluding hydrogens is 342 g/mol. The van der Waals surface area contributed by atoms with Crippen LogP contribution < -0.4 is 4.74 Å². The van der Waals surface area contributed by atoms with Crippen LogP contribution in [0.2, 0.25) is 0 Å². The summed E-state index contributed by atoms with van der Waals surface area (Å²) >= 11 is 0. The molecule has 2 aromatic carbocycles. The Morgan fingerprint density at radius 1 is 1.22 bits per heavy atom. The number of nitrogens with zero attached hydrogens (tertiary/aromatic N) is 1. The van der Waals surface area contributed by atoms with E-state index in [1.165, 1.54) is 6.07 Å². The average molecular weight is 365 g/mol. The van der Waals surface area contributed by atoms with Crippen molar-refractivity contribution >= 4 is 18.3 Å². The first kappa shape index (κ1) is 18.7. The van der Waals surface area contributed by atoms with Gasteiger partial charge in [-0.05, 0) is 43.0 Å². The zero-order valence-corrected chi connectivity index (χ0v) is 15.1. The number of carbonyl (C=O) groups is 2. The largest absolute Gasteiger partial charge is 0.507 e. The van der Waals surface area contributed by atoms with Gasteiger partial charge in [-0.2, -0.15) is 0 Å². The van der Waals surface area contributed by atoms with Gasteiger partial charge >= 0.3 is 0 Å². The number of ether oxygens (including phenoxy) is 1. The lowest BCUT2D eigenvalue weighted by Gasteiger charge is -2.36. The summed E-state index contributed by atoms with van der Waals surface area (Å²) in [6.45, 7) is 4.73. The van der Waals surface area contributed by atoms with E-state index in [2.05, 4.69) is 6.58 Å². The predicted molar refractivity (Wildman–Crippen MR) is 104 cm³/mol. The van der Waals surface area contributed by atoms with E-state index in [0.29, 0.717) is 24.1 Å².